The molecule has 188 valence electrons. The molecule has 0 saturated carbocycles. The van der Waals surface area contributed by atoms with Crippen LogP contribution in [0.5, 0.6) is 0 Å². The zero-order chi connectivity index (χ0) is 25.8. The fraction of sp³-hybridized carbons (Fsp3) is 0.296. The van der Waals surface area contributed by atoms with Gasteiger partial charge in [0.25, 0.3) is 5.91 Å². The first-order valence-electron chi connectivity index (χ1n) is 12.3. The number of nitrogens with zero attached hydrogens (tertiary/aromatic N) is 6. The molecule has 10 heteroatoms. The van der Waals surface area contributed by atoms with Crippen molar-refractivity contribution in [3.05, 3.63) is 82.5 Å². The van der Waals surface area contributed by atoms with Gasteiger partial charge in [0.1, 0.15) is 24.6 Å². The minimum Gasteiger partial charge on any atom is -0.370 e. The minimum absolute atomic E-state index is 0.0189. The van der Waals surface area contributed by atoms with Gasteiger partial charge in [-0.1, -0.05) is 24.8 Å². The predicted octanol–water partition coefficient (Wildman–Crippen LogP) is 2.97. The lowest BCUT2D eigenvalue weighted by Crippen LogP contribution is -2.38. The van der Waals surface area contributed by atoms with E-state index in [9.17, 15) is 4.79 Å². The van der Waals surface area contributed by atoms with Crippen molar-refractivity contribution in [2.75, 3.05) is 25.1 Å². The Hall–Kier alpha value is -4.52. The maximum Gasteiger partial charge on any atom is 0.257 e. The summed E-state index contributed by atoms with van der Waals surface area (Å²) in [6, 6.07) is 8.41. The molecular formula is C27H27FN8O. The summed E-state index contributed by atoms with van der Waals surface area (Å²) in [5.41, 5.74) is 3.60. The quantitative estimate of drug-likeness (QED) is 0.525. The molecule has 9 nitrogen and oxygen atoms in total. The normalized spacial score (nSPS) is 14.8. The molecule has 0 aliphatic carbocycles. The van der Waals surface area contributed by atoms with Crippen molar-refractivity contribution < 1.29 is 9.18 Å². The van der Waals surface area contributed by atoms with Gasteiger partial charge in [-0.3, -0.25) is 9.79 Å². The third-order valence-electron chi connectivity index (χ3n) is 6.27. The fourth-order valence-electron chi connectivity index (χ4n) is 4.33. The van der Waals surface area contributed by atoms with E-state index in [1.165, 1.54) is 12.1 Å². The summed E-state index contributed by atoms with van der Waals surface area (Å²) in [6.07, 6.45) is 4.08. The zero-order valence-corrected chi connectivity index (χ0v) is 20.8. The molecule has 0 fully saturated rings. The van der Waals surface area contributed by atoms with Crippen LogP contribution in [0.2, 0.25) is 0 Å². The van der Waals surface area contributed by atoms with E-state index in [1.54, 1.807) is 23.5 Å². The van der Waals surface area contributed by atoms with Crippen molar-refractivity contribution >= 4 is 17.4 Å². The third-order valence-corrected chi connectivity index (χ3v) is 6.27. The van der Waals surface area contributed by atoms with Crippen LogP contribution in [0.25, 0.3) is 0 Å². The molecule has 0 unspecified atom stereocenters. The molecule has 4 heterocycles. The van der Waals surface area contributed by atoms with Crippen LogP contribution in [0, 0.1) is 17.7 Å². The van der Waals surface area contributed by atoms with Crippen molar-refractivity contribution in [3.63, 3.8) is 0 Å². The molecule has 0 bridgehead atoms. The third kappa shape index (κ3) is 5.07. The van der Waals surface area contributed by atoms with Crippen molar-refractivity contribution in [1.29, 1.82) is 0 Å². The number of anilines is 1. The zero-order valence-electron chi connectivity index (χ0n) is 20.8. The van der Waals surface area contributed by atoms with Gasteiger partial charge < -0.3 is 20.1 Å². The lowest BCUT2D eigenvalue weighted by molar-refractivity contribution is 0.0702. The average molecular weight is 499 g/mol. The number of carbonyl (C=O) groups excluding carboxylic acids is 1. The number of hydrogen-bond donors (Lipinski definition) is 2. The number of amides is 1. The van der Waals surface area contributed by atoms with Crippen molar-refractivity contribution in [2.24, 2.45) is 4.99 Å². The molecule has 1 amide bonds. The molecule has 2 aromatic heterocycles. The van der Waals surface area contributed by atoms with Gasteiger partial charge in [0.15, 0.2) is 5.82 Å². The smallest absolute Gasteiger partial charge is 0.257 e. The van der Waals surface area contributed by atoms with Gasteiger partial charge in [0.05, 0.1) is 23.4 Å². The number of halogens is 1. The molecule has 3 aromatic rings. The SMILES string of the molecule is CCNc1ccc(C#CC2=C(CC)NCN=C2c2ccc(C(=O)N3CCn4cnnc4C3)c(F)c2)cn1. The van der Waals surface area contributed by atoms with Crippen LogP contribution in [0.1, 0.15) is 47.6 Å². The van der Waals surface area contributed by atoms with E-state index in [0.717, 1.165) is 30.0 Å². The fourth-order valence-corrected chi connectivity index (χ4v) is 4.33. The van der Waals surface area contributed by atoms with Crippen LogP contribution in [-0.2, 0) is 13.1 Å². The molecule has 0 saturated heterocycles. The van der Waals surface area contributed by atoms with E-state index in [2.05, 4.69) is 42.6 Å². The maximum atomic E-state index is 15.3. The number of carbonyl (C=O) groups is 1. The van der Waals surface area contributed by atoms with Crippen LogP contribution >= 0.6 is 0 Å². The van der Waals surface area contributed by atoms with Crippen LogP contribution in [0.15, 0.2) is 59.1 Å². The molecule has 5 rings (SSSR count). The molecule has 37 heavy (non-hydrogen) atoms. The number of rotatable bonds is 5. The summed E-state index contributed by atoms with van der Waals surface area (Å²) in [5, 5.41) is 14.3. The van der Waals surface area contributed by atoms with Crippen LogP contribution in [0.4, 0.5) is 10.2 Å². The number of benzene rings is 1. The lowest BCUT2D eigenvalue weighted by atomic mass is 9.96. The monoisotopic (exact) mass is 498 g/mol. The largest absolute Gasteiger partial charge is 0.370 e. The Morgan fingerprint density at radius 1 is 1.19 bits per heavy atom. The Kier molecular flexibility index (Phi) is 6.94. The summed E-state index contributed by atoms with van der Waals surface area (Å²) < 4.78 is 17.2. The molecule has 0 spiro atoms. The average Bonchev–Trinajstić information content (AvgIpc) is 3.40. The molecular weight excluding hydrogens is 471 g/mol. The van der Waals surface area contributed by atoms with Crippen LogP contribution < -0.4 is 10.6 Å². The second-order valence-corrected chi connectivity index (χ2v) is 8.62. The number of allylic oxidation sites excluding steroid dienone is 2. The van der Waals surface area contributed by atoms with Gasteiger partial charge >= 0.3 is 0 Å². The number of nitrogens with one attached hydrogen (secondary N) is 2. The highest BCUT2D eigenvalue weighted by atomic mass is 19.1. The van der Waals surface area contributed by atoms with Crippen LogP contribution in [-0.4, -0.2) is 56.0 Å². The Morgan fingerprint density at radius 3 is 2.84 bits per heavy atom. The highest BCUT2D eigenvalue weighted by Gasteiger charge is 2.26. The van der Waals surface area contributed by atoms with Crippen molar-refractivity contribution in [3.8, 4) is 11.8 Å². The molecule has 0 radical (unpaired) electrons. The standard InChI is InChI=1S/C27H27FN8O/c1-3-23-21(8-5-18-6-10-24(29-4-2)30-14-18)26(32-16-31-23)19-7-9-20(22(28)13-19)27(37)35-11-12-36-17-33-34-25(36)15-35/h6-7,9-10,13-14,17,31H,3-4,11-12,15-16H2,1-2H3,(H,29,30). The van der Waals surface area contributed by atoms with E-state index in [4.69, 9.17) is 0 Å². The summed E-state index contributed by atoms with van der Waals surface area (Å²) in [4.78, 5) is 23.6. The number of aliphatic imine (C=N–C) groups is 1. The molecule has 2 N–H and O–H groups in total. The van der Waals surface area contributed by atoms with E-state index in [0.29, 0.717) is 49.0 Å². The van der Waals surface area contributed by atoms with Gasteiger partial charge in [0.2, 0.25) is 0 Å². The van der Waals surface area contributed by atoms with Gasteiger partial charge in [0, 0.05) is 42.7 Å². The topological polar surface area (TPSA) is 100 Å². The van der Waals surface area contributed by atoms with E-state index < -0.39 is 5.82 Å². The Labute approximate surface area is 214 Å². The van der Waals surface area contributed by atoms with E-state index in [-0.39, 0.29) is 11.5 Å². The summed E-state index contributed by atoms with van der Waals surface area (Å²) in [7, 11) is 0. The highest BCUT2D eigenvalue weighted by molar-refractivity contribution is 6.16. The Balaban J connectivity index is 1.40. The second kappa shape index (κ2) is 10.6. The summed E-state index contributed by atoms with van der Waals surface area (Å²) >= 11 is 0. The van der Waals surface area contributed by atoms with Gasteiger partial charge in [-0.05, 0) is 37.6 Å². The predicted molar refractivity (Wildman–Crippen MR) is 138 cm³/mol. The minimum atomic E-state index is -0.593. The molecule has 0 atom stereocenters. The van der Waals surface area contributed by atoms with E-state index in [1.807, 2.05) is 30.5 Å². The van der Waals surface area contributed by atoms with Crippen molar-refractivity contribution in [2.45, 2.75) is 33.4 Å². The molecule has 2 aliphatic rings. The number of aromatic nitrogens is 4. The summed E-state index contributed by atoms with van der Waals surface area (Å²) in [5.74, 6) is 6.89. The van der Waals surface area contributed by atoms with Gasteiger partial charge in [-0.2, -0.15) is 0 Å². The molecule has 1 aromatic carbocycles. The Bertz CT molecular complexity index is 1450. The first-order valence-corrected chi connectivity index (χ1v) is 12.3. The second-order valence-electron chi connectivity index (χ2n) is 8.62. The maximum absolute atomic E-state index is 15.3. The molecule has 2 aliphatic heterocycles. The summed E-state index contributed by atoms with van der Waals surface area (Å²) in [6.45, 7) is 6.55. The first kappa shape index (κ1) is 24.2. The van der Waals surface area contributed by atoms with Crippen LogP contribution in [0.3, 0.4) is 0 Å². The van der Waals surface area contributed by atoms with E-state index >= 15 is 4.39 Å². The van der Waals surface area contributed by atoms with Gasteiger partial charge in [-0.15, -0.1) is 10.2 Å². The van der Waals surface area contributed by atoms with Gasteiger partial charge in [-0.25, -0.2) is 9.37 Å². The number of pyridine rings is 1. The number of fused-ring (bicyclic) bond motifs is 1. The first-order chi connectivity index (χ1) is 18.1. The lowest BCUT2D eigenvalue weighted by Gasteiger charge is -2.27. The highest BCUT2D eigenvalue weighted by Crippen LogP contribution is 2.22. The Morgan fingerprint density at radius 2 is 2.08 bits per heavy atom. The number of hydrogen-bond acceptors (Lipinski definition) is 7. The van der Waals surface area contributed by atoms with Crippen molar-refractivity contribution in [1.82, 2.24) is 30.0 Å².